The lowest BCUT2D eigenvalue weighted by molar-refractivity contribution is -0.141. The van der Waals surface area contributed by atoms with E-state index < -0.39 is 21.9 Å². The minimum absolute atomic E-state index is 0.00216. The molecule has 0 fully saturated rings. The molecule has 0 heterocycles. The van der Waals surface area contributed by atoms with Crippen LogP contribution in [0.2, 0.25) is 10.0 Å². The molecule has 1 N–H and O–H groups in total. The van der Waals surface area contributed by atoms with Crippen LogP contribution in [0.3, 0.4) is 0 Å². The second kappa shape index (κ2) is 6.09. The van der Waals surface area contributed by atoms with Crippen molar-refractivity contribution >= 4 is 39.2 Å². The van der Waals surface area contributed by atoms with Crippen molar-refractivity contribution in [1.29, 1.82) is 0 Å². The molecule has 1 rings (SSSR count). The summed E-state index contributed by atoms with van der Waals surface area (Å²) in [5, 5.41) is 8.81. The maximum absolute atomic E-state index is 12.3. The molecule has 0 saturated heterocycles. The van der Waals surface area contributed by atoms with E-state index in [0.29, 0.717) is 0 Å². The number of sulfonamides is 1. The molecule has 0 bridgehead atoms. The molecule has 1 aromatic carbocycles. The van der Waals surface area contributed by atoms with Crippen LogP contribution in [0.25, 0.3) is 0 Å². The first-order valence-electron chi connectivity index (χ1n) is 5.31. The lowest BCUT2D eigenvalue weighted by Gasteiger charge is -2.20. The molecule has 0 amide bonds. The van der Waals surface area contributed by atoms with E-state index in [1.807, 2.05) is 0 Å². The SMILES string of the molecule is CC(CN(C)S(=O)(=O)c1c(Cl)cccc1Cl)C(=O)O. The number of hydrogen-bond donors (Lipinski definition) is 1. The van der Waals surface area contributed by atoms with Gasteiger partial charge in [-0.05, 0) is 12.1 Å². The first kappa shape index (κ1) is 16.2. The number of rotatable bonds is 5. The van der Waals surface area contributed by atoms with Gasteiger partial charge in [-0.2, -0.15) is 4.31 Å². The molecule has 1 unspecified atom stereocenters. The lowest BCUT2D eigenvalue weighted by atomic mass is 10.2. The third kappa shape index (κ3) is 3.60. The van der Waals surface area contributed by atoms with Crippen molar-refractivity contribution in [1.82, 2.24) is 4.31 Å². The van der Waals surface area contributed by atoms with Gasteiger partial charge in [-0.1, -0.05) is 36.2 Å². The van der Waals surface area contributed by atoms with Gasteiger partial charge in [-0.15, -0.1) is 0 Å². The Kier molecular flexibility index (Phi) is 5.20. The average molecular weight is 326 g/mol. The molecule has 0 aliphatic rings. The Bertz CT molecular complexity index is 568. The quantitative estimate of drug-likeness (QED) is 0.901. The molecule has 0 aliphatic heterocycles. The Balaban J connectivity index is 3.14. The predicted octanol–water partition coefficient (Wildman–Crippen LogP) is 2.33. The molecule has 0 aliphatic carbocycles. The van der Waals surface area contributed by atoms with Gasteiger partial charge in [0, 0.05) is 13.6 Å². The zero-order valence-electron chi connectivity index (χ0n) is 10.3. The van der Waals surface area contributed by atoms with E-state index in [1.54, 1.807) is 0 Å². The van der Waals surface area contributed by atoms with Crippen LogP contribution in [0.4, 0.5) is 0 Å². The van der Waals surface area contributed by atoms with Crippen LogP contribution in [0.1, 0.15) is 6.92 Å². The van der Waals surface area contributed by atoms with E-state index in [-0.39, 0.29) is 21.5 Å². The summed E-state index contributed by atoms with van der Waals surface area (Å²) in [4.78, 5) is 10.5. The van der Waals surface area contributed by atoms with Gasteiger partial charge in [0.05, 0.1) is 16.0 Å². The van der Waals surface area contributed by atoms with Crippen molar-refractivity contribution in [2.75, 3.05) is 13.6 Å². The molecule has 8 heteroatoms. The van der Waals surface area contributed by atoms with E-state index >= 15 is 0 Å². The standard InChI is InChI=1S/C11H13Cl2NO4S/c1-7(11(15)16)6-14(2)19(17,18)10-8(12)4-3-5-9(10)13/h3-5,7H,6H2,1-2H3,(H,15,16). The molecule has 5 nitrogen and oxygen atoms in total. The van der Waals surface area contributed by atoms with Gasteiger partial charge in [0.2, 0.25) is 10.0 Å². The molecule has 0 spiro atoms. The summed E-state index contributed by atoms with van der Waals surface area (Å²) in [6.45, 7) is 1.25. The summed E-state index contributed by atoms with van der Waals surface area (Å²) in [6.07, 6.45) is 0. The molecule has 106 valence electrons. The molecular weight excluding hydrogens is 313 g/mol. The summed E-state index contributed by atoms with van der Waals surface area (Å²) >= 11 is 11.7. The van der Waals surface area contributed by atoms with Crippen LogP contribution in [0, 0.1) is 5.92 Å². The van der Waals surface area contributed by atoms with E-state index in [4.69, 9.17) is 28.3 Å². The summed E-state index contributed by atoms with van der Waals surface area (Å²) in [5.74, 6) is -1.91. The highest BCUT2D eigenvalue weighted by Gasteiger charge is 2.28. The molecule has 19 heavy (non-hydrogen) atoms. The van der Waals surface area contributed by atoms with Crippen LogP contribution >= 0.6 is 23.2 Å². The van der Waals surface area contributed by atoms with Crippen molar-refractivity contribution in [2.45, 2.75) is 11.8 Å². The zero-order chi connectivity index (χ0) is 14.8. The maximum atomic E-state index is 12.3. The van der Waals surface area contributed by atoms with E-state index in [0.717, 1.165) is 4.31 Å². The Morgan fingerprint density at radius 2 is 1.84 bits per heavy atom. The fourth-order valence-electron chi connectivity index (χ4n) is 1.45. The topological polar surface area (TPSA) is 74.7 Å². The molecule has 0 radical (unpaired) electrons. The van der Waals surface area contributed by atoms with Crippen molar-refractivity contribution in [3.63, 3.8) is 0 Å². The minimum Gasteiger partial charge on any atom is -0.481 e. The molecule has 0 saturated carbocycles. The summed E-state index contributed by atoms with van der Waals surface area (Å²) in [5.41, 5.74) is 0. The highest BCUT2D eigenvalue weighted by Crippen LogP contribution is 2.31. The van der Waals surface area contributed by atoms with E-state index in [2.05, 4.69) is 0 Å². The smallest absolute Gasteiger partial charge is 0.307 e. The largest absolute Gasteiger partial charge is 0.481 e. The van der Waals surface area contributed by atoms with Crippen molar-refractivity contribution in [2.24, 2.45) is 5.92 Å². The first-order valence-corrected chi connectivity index (χ1v) is 7.50. The maximum Gasteiger partial charge on any atom is 0.307 e. The number of carboxylic acid groups (broad SMARTS) is 1. The summed E-state index contributed by atoms with van der Waals surface area (Å²) in [7, 11) is -2.64. The van der Waals surface area contributed by atoms with Crippen LogP contribution in [-0.4, -0.2) is 37.4 Å². The minimum atomic E-state index is -3.92. The fraction of sp³-hybridized carbons (Fsp3) is 0.364. The number of aliphatic carboxylic acids is 1. The number of nitrogens with zero attached hydrogens (tertiary/aromatic N) is 1. The highest BCUT2D eigenvalue weighted by molar-refractivity contribution is 7.89. The van der Waals surface area contributed by atoms with Crippen molar-refractivity contribution in [3.8, 4) is 0 Å². The molecule has 1 atom stereocenters. The number of carboxylic acids is 1. The third-order valence-corrected chi connectivity index (χ3v) is 5.32. The van der Waals surface area contributed by atoms with Gasteiger partial charge in [0.15, 0.2) is 0 Å². The van der Waals surface area contributed by atoms with Crippen molar-refractivity contribution < 1.29 is 18.3 Å². The second-order valence-corrected chi connectivity index (χ2v) is 6.87. The number of benzene rings is 1. The number of hydrogen-bond acceptors (Lipinski definition) is 3. The Labute approximate surface area is 121 Å². The first-order chi connectivity index (χ1) is 8.67. The lowest BCUT2D eigenvalue weighted by Crippen LogP contribution is -2.34. The normalized spacial score (nSPS) is 13.5. The monoisotopic (exact) mass is 325 g/mol. The van der Waals surface area contributed by atoms with Gasteiger partial charge >= 0.3 is 5.97 Å². The van der Waals surface area contributed by atoms with Crippen LogP contribution in [0.5, 0.6) is 0 Å². The molecule has 1 aromatic rings. The van der Waals surface area contributed by atoms with E-state index in [1.165, 1.54) is 32.2 Å². The van der Waals surface area contributed by atoms with Gasteiger partial charge < -0.3 is 5.11 Å². The summed E-state index contributed by atoms with van der Waals surface area (Å²) < 4.78 is 25.5. The average Bonchev–Trinajstić information content (AvgIpc) is 2.27. The van der Waals surface area contributed by atoms with Gasteiger partial charge in [-0.3, -0.25) is 4.79 Å². The fourth-order valence-corrected chi connectivity index (χ4v) is 3.79. The van der Waals surface area contributed by atoms with Crippen LogP contribution in [0.15, 0.2) is 23.1 Å². The predicted molar refractivity (Wildman–Crippen MR) is 73.1 cm³/mol. The van der Waals surface area contributed by atoms with Crippen molar-refractivity contribution in [3.05, 3.63) is 28.2 Å². The second-order valence-electron chi connectivity index (χ2n) is 4.08. The number of carbonyl (C=O) groups is 1. The van der Waals surface area contributed by atoms with Gasteiger partial charge in [-0.25, -0.2) is 8.42 Å². The van der Waals surface area contributed by atoms with E-state index in [9.17, 15) is 13.2 Å². The Hall–Kier alpha value is -0.820. The summed E-state index contributed by atoms with van der Waals surface area (Å²) in [6, 6.07) is 4.35. The molecular formula is C11H13Cl2NO4S. The molecule has 0 aromatic heterocycles. The van der Waals surface area contributed by atoms with Gasteiger partial charge in [0.1, 0.15) is 4.90 Å². The van der Waals surface area contributed by atoms with Gasteiger partial charge in [0.25, 0.3) is 0 Å². The van der Waals surface area contributed by atoms with Crippen LogP contribution < -0.4 is 0 Å². The number of halogens is 2. The zero-order valence-corrected chi connectivity index (χ0v) is 12.6. The Morgan fingerprint density at radius 1 is 1.37 bits per heavy atom. The highest BCUT2D eigenvalue weighted by atomic mass is 35.5. The van der Waals surface area contributed by atoms with Crippen LogP contribution in [-0.2, 0) is 14.8 Å². The third-order valence-electron chi connectivity index (χ3n) is 2.54. The Morgan fingerprint density at radius 3 is 2.26 bits per heavy atom.